The van der Waals surface area contributed by atoms with Crippen LogP contribution in [-0.4, -0.2) is 34.7 Å². The van der Waals surface area contributed by atoms with Crippen LogP contribution in [0.25, 0.3) is 0 Å². The van der Waals surface area contributed by atoms with Gasteiger partial charge in [-0.2, -0.15) is 0 Å². The highest BCUT2D eigenvalue weighted by molar-refractivity contribution is 5.76. The van der Waals surface area contributed by atoms with Gasteiger partial charge in [-0.05, 0) is 13.3 Å². The second kappa shape index (κ2) is 6.42. The first kappa shape index (κ1) is 11.9. The summed E-state index contributed by atoms with van der Waals surface area (Å²) in [5.74, 6) is -1.12. The van der Waals surface area contributed by atoms with E-state index in [4.69, 9.17) is 10.2 Å². The first-order chi connectivity index (χ1) is 6.02. The van der Waals surface area contributed by atoms with Crippen LogP contribution in [0.3, 0.4) is 0 Å². The molecule has 0 saturated carbocycles. The number of carboxylic acid groups (broad SMARTS) is 1. The van der Waals surface area contributed by atoms with E-state index < -0.39 is 12.1 Å². The van der Waals surface area contributed by atoms with E-state index in [9.17, 15) is 9.59 Å². The normalized spacial score (nSPS) is 12.2. The third-order valence-electron chi connectivity index (χ3n) is 1.39. The number of hydrogen-bond donors (Lipinski definition) is 3. The van der Waals surface area contributed by atoms with Crippen LogP contribution in [0, 0.1) is 0 Å². The number of carbonyl (C=O) groups is 2. The van der Waals surface area contributed by atoms with Crippen LogP contribution in [0.2, 0.25) is 0 Å². The molecule has 0 bridgehead atoms. The zero-order valence-corrected chi connectivity index (χ0v) is 7.62. The van der Waals surface area contributed by atoms with Crippen LogP contribution < -0.4 is 5.32 Å². The summed E-state index contributed by atoms with van der Waals surface area (Å²) in [6.07, 6.45) is -0.0364. The van der Waals surface area contributed by atoms with Gasteiger partial charge in [0.1, 0.15) is 0 Å². The maximum Gasteiger partial charge on any atom is 0.303 e. The lowest BCUT2D eigenvalue weighted by Gasteiger charge is -2.05. The molecule has 0 aromatic carbocycles. The molecule has 1 atom stereocenters. The first-order valence-corrected chi connectivity index (χ1v) is 4.19. The van der Waals surface area contributed by atoms with E-state index in [2.05, 4.69) is 5.32 Å². The van der Waals surface area contributed by atoms with Crippen molar-refractivity contribution < 1.29 is 19.8 Å². The van der Waals surface area contributed by atoms with Gasteiger partial charge in [-0.25, -0.2) is 0 Å². The lowest BCUT2D eigenvalue weighted by Crippen LogP contribution is -2.30. The second-order valence-electron chi connectivity index (χ2n) is 2.90. The highest BCUT2D eigenvalue weighted by atomic mass is 16.4. The van der Waals surface area contributed by atoms with Gasteiger partial charge < -0.3 is 15.5 Å². The SMILES string of the molecule is C[C@@H](O)CNC(=O)CCCC(=O)O. The fourth-order valence-electron chi connectivity index (χ4n) is 0.750. The number of rotatable bonds is 6. The van der Waals surface area contributed by atoms with Gasteiger partial charge in [0, 0.05) is 19.4 Å². The van der Waals surface area contributed by atoms with Crippen molar-refractivity contribution in [2.75, 3.05) is 6.54 Å². The number of aliphatic hydroxyl groups is 1. The van der Waals surface area contributed by atoms with Gasteiger partial charge in [-0.15, -0.1) is 0 Å². The maximum absolute atomic E-state index is 10.9. The first-order valence-electron chi connectivity index (χ1n) is 4.19. The summed E-state index contributed by atoms with van der Waals surface area (Å²) in [4.78, 5) is 21.0. The lowest BCUT2D eigenvalue weighted by atomic mass is 10.2. The molecule has 0 unspecified atom stereocenters. The molecule has 3 N–H and O–H groups in total. The van der Waals surface area contributed by atoms with Crippen molar-refractivity contribution in [3.63, 3.8) is 0 Å². The Morgan fingerprint density at radius 3 is 2.46 bits per heavy atom. The van der Waals surface area contributed by atoms with Crippen LogP contribution in [0.15, 0.2) is 0 Å². The highest BCUT2D eigenvalue weighted by Crippen LogP contribution is 1.94. The van der Waals surface area contributed by atoms with Crippen LogP contribution in [0.1, 0.15) is 26.2 Å². The zero-order valence-electron chi connectivity index (χ0n) is 7.62. The topological polar surface area (TPSA) is 86.6 Å². The minimum Gasteiger partial charge on any atom is -0.481 e. The summed E-state index contributed by atoms with van der Waals surface area (Å²) in [5, 5.41) is 19.6. The third-order valence-corrected chi connectivity index (χ3v) is 1.39. The summed E-state index contributed by atoms with van der Waals surface area (Å²) >= 11 is 0. The number of aliphatic carboxylic acids is 1. The molecule has 1 amide bonds. The Balaban J connectivity index is 3.35. The average molecular weight is 189 g/mol. The molecule has 5 nitrogen and oxygen atoms in total. The predicted molar refractivity (Wildman–Crippen MR) is 46.2 cm³/mol. The summed E-state index contributed by atoms with van der Waals surface area (Å²) in [6, 6.07) is 0. The minimum absolute atomic E-state index is 0.00208. The van der Waals surface area contributed by atoms with Crippen LogP contribution in [-0.2, 0) is 9.59 Å². The standard InChI is InChI=1S/C8H15NO4/c1-6(10)5-9-7(11)3-2-4-8(12)13/h6,10H,2-5H2,1H3,(H,9,11)(H,12,13)/t6-/m1/s1. The summed E-state index contributed by atoms with van der Waals surface area (Å²) in [6.45, 7) is 1.78. The number of nitrogens with one attached hydrogen (secondary N) is 1. The third kappa shape index (κ3) is 8.81. The number of aliphatic hydroxyl groups excluding tert-OH is 1. The fourth-order valence-corrected chi connectivity index (χ4v) is 0.750. The van der Waals surface area contributed by atoms with Crippen LogP contribution in [0.4, 0.5) is 0 Å². The summed E-state index contributed by atoms with van der Waals surface area (Å²) in [7, 11) is 0. The van der Waals surface area contributed by atoms with E-state index in [0.29, 0.717) is 6.42 Å². The Hall–Kier alpha value is -1.10. The van der Waals surface area contributed by atoms with Gasteiger partial charge in [0.05, 0.1) is 6.10 Å². The van der Waals surface area contributed by atoms with Crippen molar-refractivity contribution in [2.24, 2.45) is 0 Å². The number of hydrogen-bond acceptors (Lipinski definition) is 3. The van der Waals surface area contributed by atoms with Crippen molar-refractivity contribution in [1.82, 2.24) is 5.32 Å². The van der Waals surface area contributed by atoms with E-state index in [1.165, 1.54) is 0 Å². The predicted octanol–water partition coefficient (Wildman–Crippen LogP) is -0.262. The van der Waals surface area contributed by atoms with Crippen molar-refractivity contribution in [3.05, 3.63) is 0 Å². The molecule has 0 radical (unpaired) electrons. The molecule has 0 aromatic heterocycles. The Morgan fingerprint density at radius 2 is 2.00 bits per heavy atom. The van der Waals surface area contributed by atoms with Gasteiger partial charge in [0.15, 0.2) is 0 Å². The molecule has 5 heteroatoms. The molecule has 0 heterocycles. The van der Waals surface area contributed by atoms with E-state index in [-0.39, 0.29) is 25.3 Å². The number of amides is 1. The Bertz CT molecular complexity index is 179. The second-order valence-corrected chi connectivity index (χ2v) is 2.90. The molecular weight excluding hydrogens is 174 g/mol. The average Bonchev–Trinajstić information content (AvgIpc) is 2.00. The van der Waals surface area contributed by atoms with Gasteiger partial charge in [-0.1, -0.05) is 0 Å². The van der Waals surface area contributed by atoms with Gasteiger partial charge in [-0.3, -0.25) is 9.59 Å². The zero-order chi connectivity index (χ0) is 10.3. The van der Waals surface area contributed by atoms with Gasteiger partial charge in [0.25, 0.3) is 0 Å². The van der Waals surface area contributed by atoms with E-state index in [0.717, 1.165) is 0 Å². The molecule has 13 heavy (non-hydrogen) atoms. The molecule has 0 aliphatic carbocycles. The fraction of sp³-hybridized carbons (Fsp3) is 0.750. The van der Waals surface area contributed by atoms with Gasteiger partial charge in [0.2, 0.25) is 5.91 Å². The van der Waals surface area contributed by atoms with E-state index in [1.54, 1.807) is 6.92 Å². The smallest absolute Gasteiger partial charge is 0.303 e. The van der Waals surface area contributed by atoms with Crippen LogP contribution in [0.5, 0.6) is 0 Å². The summed E-state index contributed by atoms with van der Waals surface area (Å²) < 4.78 is 0. The van der Waals surface area contributed by atoms with E-state index in [1.807, 2.05) is 0 Å². The molecular formula is C8H15NO4. The number of carbonyl (C=O) groups excluding carboxylic acids is 1. The van der Waals surface area contributed by atoms with Crippen LogP contribution >= 0.6 is 0 Å². The summed E-state index contributed by atoms with van der Waals surface area (Å²) in [5.41, 5.74) is 0. The quantitative estimate of drug-likeness (QED) is 0.537. The van der Waals surface area contributed by atoms with Crippen molar-refractivity contribution in [3.8, 4) is 0 Å². The van der Waals surface area contributed by atoms with E-state index >= 15 is 0 Å². The minimum atomic E-state index is -0.900. The molecule has 0 spiro atoms. The molecule has 0 fully saturated rings. The number of carboxylic acids is 1. The van der Waals surface area contributed by atoms with Crippen molar-refractivity contribution in [1.29, 1.82) is 0 Å². The Morgan fingerprint density at radius 1 is 1.38 bits per heavy atom. The maximum atomic E-state index is 10.9. The Labute approximate surface area is 76.8 Å². The molecule has 0 rings (SSSR count). The molecule has 0 aliphatic rings. The monoisotopic (exact) mass is 189 g/mol. The largest absolute Gasteiger partial charge is 0.481 e. The molecule has 0 aliphatic heterocycles. The van der Waals surface area contributed by atoms with Gasteiger partial charge >= 0.3 is 5.97 Å². The molecule has 0 aromatic rings. The van der Waals surface area contributed by atoms with Crippen molar-refractivity contribution >= 4 is 11.9 Å². The highest BCUT2D eigenvalue weighted by Gasteiger charge is 2.04. The van der Waals surface area contributed by atoms with Crippen molar-refractivity contribution in [2.45, 2.75) is 32.3 Å². The lowest BCUT2D eigenvalue weighted by molar-refractivity contribution is -0.137. The molecule has 76 valence electrons. The molecule has 0 saturated heterocycles. The Kier molecular flexibility index (Phi) is 5.88.